The van der Waals surface area contributed by atoms with Gasteiger partial charge in [0.25, 0.3) is 0 Å². The molecule has 2 aromatic carbocycles. The summed E-state index contributed by atoms with van der Waals surface area (Å²) in [7, 11) is 0. The summed E-state index contributed by atoms with van der Waals surface area (Å²) >= 11 is 0. The zero-order valence-electron chi connectivity index (χ0n) is 13.8. The Morgan fingerprint density at radius 2 is 1.88 bits per heavy atom. The molecule has 0 fully saturated rings. The van der Waals surface area contributed by atoms with E-state index in [4.69, 9.17) is 5.11 Å². The van der Waals surface area contributed by atoms with Gasteiger partial charge in [-0.3, -0.25) is 4.79 Å². The molecular weight excluding hydrogens is 300 g/mol. The van der Waals surface area contributed by atoms with Crippen LogP contribution in [0.5, 0.6) is 0 Å². The Morgan fingerprint density at radius 3 is 2.67 bits per heavy atom. The lowest BCUT2D eigenvalue weighted by Gasteiger charge is -2.38. The summed E-state index contributed by atoms with van der Waals surface area (Å²) in [5.41, 5.74) is 3.69. The molecule has 2 N–H and O–H groups in total. The van der Waals surface area contributed by atoms with Crippen LogP contribution in [0, 0.1) is 0 Å². The zero-order chi connectivity index (χ0) is 16.8. The minimum absolute atomic E-state index is 0.0247. The van der Waals surface area contributed by atoms with Crippen molar-refractivity contribution >= 4 is 5.91 Å². The third-order valence-electron chi connectivity index (χ3n) is 4.51. The first-order valence-corrected chi connectivity index (χ1v) is 8.55. The summed E-state index contributed by atoms with van der Waals surface area (Å²) in [6.07, 6.45) is 1.56. The molecule has 0 bridgehead atoms. The molecule has 0 unspecified atom stereocenters. The standard InChI is InChI=1S/C20H24N2O2/c23-14-6-12-21-15-19(24)22-13-11-16-7-4-5-10-18(16)20(22)17-8-2-1-3-9-17/h1-5,7-10,20-21,23H,6,11-15H2/t20-/m0/s1. The number of amides is 1. The van der Waals surface area contributed by atoms with Gasteiger partial charge in [0, 0.05) is 13.2 Å². The van der Waals surface area contributed by atoms with Crippen molar-refractivity contribution in [2.24, 2.45) is 0 Å². The van der Waals surface area contributed by atoms with E-state index < -0.39 is 0 Å². The third kappa shape index (κ3) is 3.66. The van der Waals surface area contributed by atoms with Gasteiger partial charge in [-0.1, -0.05) is 54.6 Å². The quantitative estimate of drug-likeness (QED) is 0.801. The average Bonchev–Trinajstić information content (AvgIpc) is 2.65. The van der Waals surface area contributed by atoms with Gasteiger partial charge in [-0.15, -0.1) is 0 Å². The number of hydrogen-bond donors (Lipinski definition) is 2. The summed E-state index contributed by atoms with van der Waals surface area (Å²) in [6, 6.07) is 18.6. The van der Waals surface area contributed by atoms with Gasteiger partial charge in [-0.2, -0.15) is 0 Å². The van der Waals surface area contributed by atoms with Gasteiger partial charge in [0.15, 0.2) is 0 Å². The molecule has 0 saturated carbocycles. The van der Waals surface area contributed by atoms with Gasteiger partial charge in [-0.05, 0) is 36.1 Å². The Labute approximate surface area is 143 Å². The maximum absolute atomic E-state index is 12.8. The number of aliphatic hydroxyl groups is 1. The van der Waals surface area contributed by atoms with Gasteiger partial charge in [0.1, 0.15) is 0 Å². The molecule has 3 rings (SSSR count). The zero-order valence-corrected chi connectivity index (χ0v) is 13.8. The van der Waals surface area contributed by atoms with Crippen molar-refractivity contribution in [1.82, 2.24) is 10.2 Å². The minimum atomic E-state index is -0.0247. The number of aliphatic hydroxyl groups excluding tert-OH is 1. The van der Waals surface area contributed by atoms with Gasteiger partial charge in [0.2, 0.25) is 5.91 Å². The summed E-state index contributed by atoms with van der Waals surface area (Å²) < 4.78 is 0. The number of nitrogens with zero attached hydrogens (tertiary/aromatic N) is 1. The van der Waals surface area contributed by atoms with E-state index in [2.05, 4.69) is 35.6 Å². The number of carbonyl (C=O) groups is 1. The van der Waals surface area contributed by atoms with E-state index in [0.717, 1.165) is 18.5 Å². The topological polar surface area (TPSA) is 52.6 Å². The molecule has 24 heavy (non-hydrogen) atoms. The minimum Gasteiger partial charge on any atom is -0.396 e. The van der Waals surface area contributed by atoms with E-state index in [-0.39, 0.29) is 18.6 Å². The smallest absolute Gasteiger partial charge is 0.237 e. The van der Waals surface area contributed by atoms with Crippen LogP contribution in [0.15, 0.2) is 54.6 Å². The molecule has 0 aromatic heterocycles. The highest BCUT2D eigenvalue weighted by Gasteiger charge is 2.31. The number of rotatable bonds is 6. The van der Waals surface area contributed by atoms with Crippen molar-refractivity contribution in [2.75, 3.05) is 26.2 Å². The molecule has 1 aliphatic rings. The van der Waals surface area contributed by atoms with Crippen molar-refractivity contribution in [1.29, 1.82) is 0 Å². The summed E-state index contributed by atoms with van der Waals surface area (Å²) in [4.78, 5) is 14.7. The van der Waals surface area contributed by atoms with Gasteiger partial charge in [-0.25, -0.2) is 0 Å². The summed E-state index contributed by atoms with van der Waals surface area (Å²) in [5, 5.41) is 12.0. The highest BCUT2D eigenvalue weighted by Crippen LogP contribution is 2.34. The first kappa shape index (κ1) is 16.7. The van der Waals surface area contributed by atoms with Crippen LogP contribution in [0.1, 0.15) is 29.2 Å². The van der Waals surface area contributed by atoms with E-state index in [9.17, 15) is 4.79 Å². The molecule has 4 heteroatoms. The SMILES string of the molecule is O=C(CNCCCO)N1CCc2ccccc2[C@@H]1c1ccccc1. The van der Waals surface area contributed by atoms with Crippen LogP contribution in [0.2, 0.25) is 0 Å². The normalized spacial score (nSPS) is 16.7. The fourth-order valence-electron chi connectivity index (χ4n) is 3.33. The lowest BCUT2D eigenvalue weighted by Crippen LogP contribution is -2.44. The van der Waals surface area contributed by atoms with E-state index >= 15 is 0 Å². The van der Waals surface area contributed by atoms with E-state index in [1.54, 1.807) is 0 Å². The van der Waals surface area contributed by atoms with Crippen molar-refractivity contribution in [2.45, 2.75) is 18.9 Å². The van der Waals surface area contributed by atoms with Gasteiger partial charge in [0.05, 0.1) is 12.6 Å². The van der Waals surface area contributed by atoms with Crippen LogP contribution in [-0.4, -0.2) is 42.2 Å². The van der Waals surface area contributed by atoms with Crippen LogP contribution < -0.4 is 5.32 Å². The predicted octanol–water partition coefficient (Wildman–Crippen LogP) is 2.13. The van der Waals surface area contributed by atoms with E-state index in [1.165, 1.54) is 11.1 Å². The van der Waals surface area contributed by atoms with E-state index in [1.807, 2.05) is 29.2 Å². The average molecular weight is 324 g/mol. The lowest BCUT2D eigenvalue weighted by molar-refractivity contribution is -0.132. The van der Waals surface area contributed by atoms with Crippen molar-refractivity contribution in [3.05, 3.63) is 71.3 Å². The highest BCUT2D eigenvalue weighted by molar-refractivity contribution is 5.79. The molecule has 4 nitrogen and oxygen atoms in total. The number of fused-ring (bicyclic) bond motifs is 1. The first-order chi connectivity index (χ1) is 11.8. The fourth-order valence-corrected chi connectivity index (χ4v) is 3.33. The van der Waals surface area contributed by atoms with Gasteiger partial charge >= 0.3 is 0 Å². The second kappa shape index (κ2) is 8.08. The fraction of sp³-hybridized carbons (Fsp3) is 0.350. The third-order valence-corrected chi connectivity index (χ3v) is 4.51. The predicted molar refractivity (Wildman–Crippen MR) is 94.7 cm³/mol. The molecule has 2 aromatic rings. The Hall–Kier alpha value is -2.17. The molecule has 0 aliphatic carbocycles. The molecular formula is C20H24N2O2. The second-order valence-electron chi connectivity index (χ2n) is 6.10. The molecule has 1 amide bonds. The Bertz CT molecular complexity index is 672. The maximum Gasteiger partial charge on any atom is 0.237 e. The van der Waals surface area contributed by atoms with Crippen molar-refractivity contribution < 1.29 is 9.90 Å². The molecule has 0 radical (unpaired) electrons. The maximum atomic E-state index is 12.8. The van der Waals surface area contributed by atoms with E-state index in [0.29, 0.717) is 19.5 Å². The van der Waals surface area contributed by atoms with Crippen molar-refractivity contribution in [3.8, 4) is 0 Å². The number of carbonyl (C=O) groups excluding carboxylic acids is 1. The first-order valence-electron chi connectivity index (χ1n) is 8.55. The van der Waals surface area contributed by atoms with Gasteiger partial charge < -0.3 is 15.3 Å². The monoisotopic (exact) mass is 324 g/mol. The number of benzene rings is 2. The largest absolute Gasteiger partial charge is 0.396 e. The Kier molecular flexibility index (Phi) is 5.62. The van der Waals surface area contributed by atoms with Crippen molar-refractivity contribution in [3.63, 3.8) is 0 Å². The number of nitrogens with one attached hydrogen (secondary N) is 1. The highest BCUT2D eigenvalue weighted by atomic mass is 16.3. The lowest BCUT2D eigenvalue weighted by atomic mass is 9.88. The summed E-state index contributed by atoms with van der Waals surface area (Å²) in [6.45, 7) is 1.84. The Morgan fingerprint density at radius 1 is 1.12 bits per heavy atom. The van der Waals surface area contributed by atoms with Crippen LogP contribution in [0.3, 0.4) is 0 Å². The summed E-state index contributed by atoms with van der Waals surface area (Å²) in [5.74, 6) is 0.108. The second-order valence-corrected chi connectivity index (χ2v) is 6.10. The van der Waals surface area contributed by atoms with Crippen LogP contribution in [0.4, 0.5) is 0 Å². The molecule has 1 aliphatic heterocycles. The van der Waals surface area contributed by atoms with Crippen LogP contribution in [-0.2, 0) is 11.2 Å². The molecule has 0 spiro atoms. The molecule has 126 valence electrons. The van der Waals surface area contributed by atoms with Crippen LogP contribution >= 0.6 is 0 Å². The number of hydrogen-bond acceptors (Lipinski definition) is 3. The Balaban J connectivity index is 1.84. The molecule has 1 atom stereocenters. The molecule has 0 saturated heterocycles. The molecule has 1 heterocycles. The van der Waals surface area contributed by atoms with Crippen LogP contribution in [0.25, 0.3) is 0 Å².